The summed E-state index contributed by atoms with van der Waals surface area (Å²) in [5, 5.41) is 23.4. The number of esters is 1. The second-order valence-electron chi connectivity index (χ2n) is 21.4. The molecule has 0 fully saturated rings. The van der Waals surface area contributed by atoms with Gasteiger partial charge in [0.15, 0.2) is 0 Å². The number of allylic oxidation sites excluding steroid dienone is 4. The van der Waals surface area contributed by atoms with Crippen molar-refractivity contribution < 1.29 is 24.5 Å². The number of amides is 1. The Morgan fingerprint density at radius 3 is 1.03 bits per heavy atom. The van der Waals surface area contributed by atoms with E-state index in [0.717, 1.165) is 64.2 Å². The summed E-state index contributed by atoms with van der Waals surface area (Å²) < 4.78 is 5.47. The predicted octanol–water partition coefficient (Wildman–Crippen LogP) is 19.4. The molecule has 0 aliphatic heterocycles. The van der Waals surface area contributed by atoms with Crippen molar-refractivity contribution in [3.63, 3.8) is 0 Å². The highest BCUT2D eigenvalue weighted by molar-refractivity contribution is 5.76. The molecule has 2 atom stereocenters. The van der Waals surface area contributed by atoms with E-state index in [1.807, 2.05) is 0 Å². The van der Waals surface area contributed by atoms with Crippen LogP contribution in [0.1, 0.15) is 341 Å². The summed E-state index contributed by atoms with van der Waals surface area (Å²) in [7, 11) is 0. The first-order chi connectivity index (χ1) is 34.0. The molecule has 0 saturated carbocycles. The van der Waals surface area contributed by atoms with Crippen LogP contribution in [0.5, 0.6) is 0 Å². The van der Waals surface area contributed by atoms with Gasteiger partial charge in [0.1, 0.15) is 0 Å². The van der Waals surface area contributed by atoms with E-state index in [0.29, 0.717) is 25.9 Å². The number of aliphatic hydroxyl groups excluding tert-OH is 2. The van der Waals surface area contributed by atoms with E-state index >= 15 is 0 Å². The molecule has 0 heterocycles. The first kappa shape index (κ1) is 67.3. The summed E-state index contributed by atoms with van der Waals surface area (Å²) in [5.41, 5.74) is 0. The lowest BCUT2D eigenvalue weighted by Crippen LogP contribution is -2.45. The standard InChI is InChI=1S/C63H121NO5/c1-3-5-7-9-11-13-15-17-19-20-21-22-23-24-28-31-35-39-43-47-51-55-61(66)60(59-65)64-62(67)56-52-48-44-40-36-32-29-25-26-30-34-38-42-46-50-54-58-69-63(68)57-53-49-45-41-37-33-27-18-16-14-12-10-8-6-4-2/h18,25,27,29,60-61,65-66H,3-17,19-24,26,28,30-59H2,1-2H3,(H,64,67)/b27-18-,29-25-. The molecule has 2 unspecified atom stereocenters. The minimum Gasteiger partial charge on any atom is -0.466 e. The zero-order valence-corrected chi connectivity index (χ0v) is 46.6. The third-order valence-corrected chi connectivity index (χ3v) is 14.5. The lowest BCUT2D eigenvalue weighted by Gasteiger charge is -2.22. The maximum absolute atomic E-state index is 12.5. The van der Waals surface area contributed by atoms with Gasteiger partial charge in [-0.2, -0.15) is 0 Å². The Morgan fingerprint density at radius 1 is 0.391 bits per heavy atom. The van der Waals surface area contributed by atoms with Gasteiger partial charge in [0, 0.05) is 12.8 Å². The molecule has 69 heavy (non-hydrogen) atoms. The highest BCUT2D eigenvalue weighted by Crippen LogP contribution is 2.18. The highest BCUT2D eigenvalue weighted by atomic mass is 16.5. The van der Waals surface area contributed by atoms with Gasteiger partial charge in [-0.25, -0.2) is 0 Å². The average molecular weight is 973 g/mol. The van der Waals surface area contributed by atoms with Gasteiger partial charge in [0.25, 0.3) is 0 Å². The Bertz CT molecular complexity index is 1080. The molecule has 6 heteroatoms. The van der Waals surface area contributed by atoms with E-state index in [-0.39, 0.29) is 18.5 Å². The fourth-order valence-electron chi connectivity index (χ4n) is 9.69. The molecule has 1 amide bonds. The predicted molar refractivity (Wildman–Crippen MR) is 301 cm³/mol. The van der Waals surface area contributed by atoms with Gasteiger partial charge in [0.2, 0.25) is 5.91 Å². The highest BCUT2D eigenvalue weighted by Gasteiger charge is 2.20. The maximum Gasteiger partial charge on any atom is 0.305 e. The van der Waals surface area contributed by atoms with E-state index in [1.54, 1.807) is 0 Å². The quantitative estimate of drug-likeness (QED) is 0.0321. The van der Waals surface area contributed by atoms with Crippen LogP contribution in [0.25, 0.3) is 0 Å². The monoisotopic (exact) mass is 972 g/mol. The Kier molecular flexibility index (Phi) is 57.5. The minimum atomic E-state index is -0.676. The molecule has 0 spiro atoms. The molecule has 0 rings (SSSR count). The summed E-state index contributed by atoms with van der Waals surface area (Å²) >= 11 is 0. The van der Waals surface area contributed by atoms with E-state index in [4.69, 9.17) is 4.74 Å². The third kappa shape index (κ3) is 55.5. The summed E-state index contributed by atoms with van der Waals surface area (Å²) in [6, 6.07) is -0.555. The summed E-state index contributed by atoms with van der Waals surface area (Å²) in [4.78, 5) is 24.6. The van der Waals surface area contributed by atoms with Gasteiger partial charge in [-0.3, -0.25) is 9.59 Å². The van der Waals surface area contributed by atoms with Crippen LogP contribution in [0.2, 0.25) is 0 Å². The molecule has 0 aliphatic carbocycles. The smallest absolute Gasteiger partial charge is 0.305 e. The molecule has 0 aromatic rings. The molecular formula is C63H121NO5. The van der Waals surface area contributed by atoms with Crippen molar-refractivity contribution in [1.29, 1.82) is 0 Å². The zero-order chi connectivity index (χ0) is 50.0. The molecule has 0 aromatic heterocycles. The Morgan fingerprint density at radius 2 is 0.681 bits per heavy atom. The number of rotatable bonds is 58. The van der Waals surface area contributed by atoms with Crippen molar-refractivity contribution in [3.8, 4) is 0 Å². The van der Waals surface area contributed by atoms with Gasteiger partial charge in [-0.1, -0.05) is 276 Å². The Labute approximate surface area is 431 Å². The first-order valence-electron chi connectivity index (χ1n) is 31.1. The van der Waals surface area contributed by atoms with E-state index in [1.165, 1.54) is 244 Å². The van der Waals surface area contributed by atoms with Gasteiger partial charge >= 0.3 is 5.97 Å². The summed E-state index contributed by atoms with van der Waals surface area (Å²) in [5.74, 6) is -0.0592. The van der Waals surface area contributed by atoms with Crippen molar-refractivity contribution >= 4 is 11.9 Å². The van der Waals surface area contributed by atoms with Crippen LogP contribution in [-0.2, 0) is 14.3 Å². The fourth-order valence-corrected chi connectivity index (χ4v) is 9.69. The van der Waals surface area contributed by atoms with Crippen molar-refractivity contribution in [1.82, 2.24) is 5.32 Å². The number of carbonyl (C=O) groups excluding carboxylic acids is 2. The molecule has 408 valence electrons. The lowest BCUT2D eigenvalue weighted by atomic mass is 10.0. The number of hydrogen-bond acceptors (Lipinski definition) is 5. The number of nitrogens with one attached hydrogen (secondary N) is 1. The topological polar surface area (TPSA) is 95.9 Å². The second kappa shape index (κ2) is 58.9. The summed E-state index contributed by atoms with van der Waals surface area (Å²) in [6.07, 6.45) is 71.8. The Hall–Kier alpha value is -1.66. The SMILES string of the molecule is CCCCCCCC/C=C\CCCCCCCC(=O)OCCCCCCCCC/C=C\CCCCCCCC(=O)NC(CO)C(O)CCCCCCCCCCCCCCCCCCCCCCC. The largest absolute Gasteiger partial charge is 0.466 e. The van der Waals surface area contributed by atoms with Crippen LogP contribution in [0.3, 0.4) is 0 Å². The fraction of sp³-hybridized carbons (Fsp3) is 0.905. The van der Waals surface area contributed by atoms with Crippen LogP contribution >= 0.6 is 0 Å². The molecule has 0 bridgehead atoms. The lowest BCUT2D eigenvalue weighted by molar-refractivity contribution is -0.143. The molecule has 6 nitrogen and oxygen atoms in total. The molecule has 0 aromatic carbocycles. The van der Waals surface area contributed by atoms with Gasteiger partial charge in [-0.05, 0) is 77.0 Å². The molecular weight excluding hydrogens is 851 g/mol. The second-order valence-corrected chi connectivity index (χ2v) is 21.4. The van der Waals surface area contributed by atoms with E-state index < -0.39 is 12.1 Å². The molecule has 0 radical (unpaired) electrons. The van der Waals surface area contributed by atoms with Gasteiger partial charge in [-0.15, -0.1) is 0 Å². The number of ether oxygens (including phenoxy) is 1. The number of unbranched alkanes of at least 4 members (excludes halogenated alkanes) is 43. The molecule has 0 saturated heterocycles. The minimum absolute atomic E-state index is 0.0100. The van der Waals surface area contributed by atoms with Crippen molar-refractivity contribution in [2.75, 3.05) is 13.2 Å². The molecule has 3 N–H and O–H groups in total. The Balaban J connectivity index is 3.46. The third-order valence-electron chi connectivity index (χ3n) is 14.5. The van der Waals surface area contributed by atoms with Crippen LogP contribution in [0.15, 0.2) is 24.3 Å². The number of aliphatic hydroxyl groups is 2. The van der Waals surface area contributed by atoms with Crippen LogP contribution in [0, 0.1) is 0 Å². The molecule has 0 aliphatic rings. The number of hydrogen-bond donors (Lipinski definition) is 3. The van der Waals surface area contributed by atoms with Crippen LogP contribution < -0.4 is 5.32 Å². The first-order valence-corrected chi connectivity index (χ1v) is 31.1. The van der Waals surface area contributed by atoms with Gasteiger partial charge in [0.05, 0.1) is 25.4 Å². The van der Waals surface area contributed by atoms with E-state index in [9.17, 15) is 19.8 Å². The van der Waals surface area contributed by atoms with Crippen molar-refractivity contribution in [2.24, 2.45) is 0 Å². The van der Waals surface area contributed by atoms with Crippen molar-refractivity contribution in [3.05, 3.63) is 24.3 Å². The average Bonchev–Trinajstić information content (AvgIpc) is 3.35. The van der Waals surface area contributed by atoms with Gasteiger partial charge < -0.3 is 20.3 Å². The zero-order valence-electron chi connectivity index (χ0n) is 46.6. The van der Waals surface area contributed by atoms with Crippen molar-refractivity contribution in [2.45, 2.75) is 353 Å². The maximum atomic E-state index is 12.5. The summed E-state index contributed by atoms with van der Waals surface area (Å²) in [6.45, 7) is 4.94. The normalized spacial score (nSPS) is 12.7. The van der Waals surface area contributed by atoms with E-state index in [2.05, 4.69) is 43.5 Å². The van der Waals surface area contributed by atoms with Crippen LogP contribution in [-0.4, -0.2) is 47.4 Å². The number of carbonyl (C=O) groups is 2. The van der Waals surface area contributed by atoms with Crippen LogP contribution in [0.4, 0.5) is 0 Å².